The Hall–Kier alpha value is -2.83. The predicted molar refractivity (Wildman–Crippen MR) is 93.0 cm³/mol. The van der Waals surface area contributed by atoms with E-state index in [1.165, 1.54) is 0 Å². The summed E-state index contributed by atoms with van der Waals surface area (Å²) < 4.78 is 42.8. The molecule has 1 aliphatic rings. The number of rotatable bonds is 5. The SMILES string of the molecule is O=C(COC(=O)C1(c2ccccc2)CCC1)Nc1ccc(C(F)(F)F)cc1. The molecule has 0 radical (unpaired) electrons. The smallest absolute Gasteiger partial charge is 0.416 e. The third kappa shape index (κ3) is 4.13. The Labute approximate surface area is 154 Å². The fourth-order valence-corrected chi connectivity index (χ4v) is 3.11. The number of ether oxygens (including phenoxy) is 1. The summed E-state index contributed by atoms with van der Waals surface area (Å²) in [4.78, 5) is 24.5. The Morgan fingerprint density at radius 1 is 1.00 bits per heavy atom. The van der Waals surface area contributed by atoms with Crippen LogP contribution in [0.3, 0.4) is 0 Å². The first kappa shape index (κ1) is 18.9. The molecule has 1 saturated carbocycles. The van der Waals surface area contributed by atoms with Crippen LogP contribution in [0.1, 0.15) is 30.4 Å². The van der Waals surface area contributed by atoms with Crippen molar-refractivity contribution in [1.29, 1.82) is 0 Å². The zero-order valence-corrected chi connectivity index (χ0v) is 14.4. The molecule has 4 nitrogen and oxygen atoms in total. The molecule has 1 N–H and O–H groups in total. The van der Waals surface area contributed by atoms with Crippen molar-refractivity contribution in [3.8, 4) is 0 Å². The van der Waals surface area contributed by atoms with Gasteiger partial charge in [-0.05, 0) is 42.7 Å². The maximum absolute atomic E-state index is 12.5. The van der Waals surface area contributed by atoms with Gasteiger partial charge in [0.1, 0.15) is 0 Å². The number of amides is 1. The monoisotopic (exact) mass is 377 g/mol. The van der Waals surface area contributed by atoms with E-state index in [4.69, 9.17) is 4.74 Å². The summed E-state index contributed by atoms with van der Waals surface area (Å²) in [5.41, 5.74) is -0.452. The lowest BCUT2D eigenvalue weighted by Gasteiger charge is -2.39. The van der Waals surface area contributed by atoms with Crippen LogP contribution in [0.15, 0.2) is 54.6 Å². The Morgan fingerprint density at radius 2 is 1.63 bits per heavy atom. The van der Waals surface area contributed by atoms with Gasteiger partial charge in [-0.25, -0.2) is 0 Å². The third-order valence-electron chi connectivity index (χ3n) is 4.75. The van der Waals surface area contributed by atoms with E-state index in [2.05, 4.69) is 5.32 Å². The van der Waals surface area contributed by atoms with Crippen molar-refractivity contribution in [1.82, 2.24) is 0 Å². The molecule has 0 heterocycles. The first-order chi connectivity index (χ1) is 12.8. The quantitative estimate of drug-likeness (QED) is 0.790. The highest BCUT2D eigenvalue weighted by molar-refractivity contribution is 5.94. The number of nitrogens with one attached hydrogen (secondary N) is 1. The van der Waals surface area contributed by atoms with Gasteiger partial charge in [0.05, 0.1) is 11.0 Å². The van der Waals surface area contributed by atoms with Crippen molar-refractivity contribution < 1.29 is 27.5 Å². The van der Waals surface area contributed by atoms with Gasteiger partial charge in [0.25, 0.3) is 5.91 Å². The number of halogens is 3. The van der Waals surface area contributed by atoms with Crippen LogP contribution in [0.25, 0.3) is 0 Å². The van der Waals surface area contributed by atoms with Crippen LogP contribution < -0.4 is 5.32 Å². The van der Waals surface area contributed by atoms with Crippen LogP contribution in [0.4, 0.5) is 18.9 Å². The first-order valence-corrected chi connectivity index (χ1v) is 8.51. The van der Waals surface area contributed by atoms with Crippen LogP contribution in [0, 0.1) is 0 Å². The average Bonchev–Trinajstić information content (AvgIpc) is 2.60. The Bertz CT molecular complexity index is 813. The fourth-order valence-electron chi connectivity index (χ4n) is 3.11. The van der Waals surface area contributed by atoms with Gasteiger partial charge in [0.15, 0.2) is 6.61 Å². The van der Waals surface area contributed by atoms with Crippen molar-refractivity contribution in [2.45, 2.75) is 30.9 Å². The fraction of sp³-hybridized carbons (Fsp3) is 0.300. The van der Waals surface area contributed by atoms with E-state index in [0.717, 1.165) is 36.2 Å². The summed E-state index contributed by atoms with van der Waals surface area (Å²) in [6.07, 6.45) is -2.21. The molecule has 0 atom stereocenters. The average molecular weight is 377 g/mol. The van der Waals surface area contributed by atoms with Gasteiger partial charge in [0.2, 0.25) is 0 Å². The molecule has 2 aromatic rings. The van der Waals surface area contributed by atoms with E-state index in [-0.39, 0.29) is 5.69 Å². The van der Waals surface area contributed by atoms with E-state index in [1.807, 2.05) is 30.3 Å². The van der Waals surface area contributed by atoms with Crippen LogP contribution in [-0.4, -0.2) is 18.5 Å². The molecule has 142 valence electrons. The van der Waals surface area contributed by atoms with Crippen molar-refractivity contribution in [2.24, 2.45) is 0 Å². The second-order valence-electron chi connectivity index (χ2n) is 6.50. The van der Waals surface area contributed by atoms with Crippen molar-refractivity contribution >= 4 is 17.6 Å². The summed E-state index contributed by atoms with van der Waals surface area (Å²) in [5, 5.41) is 2.42. The number of benzene rings is 2. The molecule has 3 rings (SSSR count). The second kappa shape index (κ2) is 7.42. The third-order valence-corrected chi connectivity index (χ3v) is 4.75. The van der Waals surface area contributed by atoms with E-state index < -0.39 is 35.6 Å². The second-order valence-corrected chi connectivity index (χ2v) is 6.50. The van der Waals surface area contributed by atoms with Crippen molar-refractivity contribution in [3.05, 3.63) is 65.7 Å². The minimum Gasteiger partial charge on any atom is -0.455 e. The van der Waals surface area contributed by atoms with E-state index in [9.17, 15) is 22.8 Å². The minimum atomic E-state index is -4.44. The lowest BCUT2D eigenvalue weighted by Crippen LogP contribution is -2.44. The Kier molecular flexibility index (Phi) is 5.21. The largest absolute Gasteiger partial charge is 0.455 e. The summed E-state index contributed by atoms with van der Waals surface area (Å²) >= 11 is 0. The molecule has 27 heavy (non-hydrogen) atoms. The molecule has 0 spiro atoms. The Balaban J connectivity index is 1.57. The molecule has 0 saturated heterocycles. The number of hydrogen-bond acceptors (Lipinski definition) is 3. The number of carbonyl (C=O) groups excluding carboxylic acids is 2. The molecule has 0 unspecified atom stereocenters. The zero-order valence-electron chi connectivity index (χ0n) is 14.4. The van der Waals surface area contributed by atoms with Crippen molar-refractivity contribution in [2.75, 3.05) is 11.9 Å². The first-order valence-electron chi connectivity index (χ1n) is 8.51. The minimum absolute atomic E-state index is 0.200. The number of esters is 1. The molecular weight excluding hydrogens is 359 g/mol. The van der Waals surface area contributed by atoms with E-state index in [0.29, 0.717) is 12.8 Å². The van der Waals surface area contributed by atoms with Crippen molar-refractivity contribution in [3.63, 3.8) is 0 Å². The number of alkyl halides is 3. The standard InChI is InChI=1S/C20H18F3NO3/c21-20(22,23)15-7-9-16(10-8-15)24-17(25)13-27-18(26)19(11-4-12-19)14-5-2-1-3-6-14/h1-3,5-10H,4,11-13H2,(H,24,25). The lowest BCUT2D eigenvalue weighted by atomic mass is 9.64. The van der Waals surface area contributed by atoms with Crippen LogP contribution in [0.5, 0.6) is 0 Å². The van der Waals surface area contributed by atoms with Gasteiger partial charge >= 0.3 is 12.1 Å². The van der Waals surface area contributed by atoms with Crippen LogP contribution >= 0.6 is 0 Å². The molecular formula is C20H18F3NO3. The lowest BCUT2D eigenvalue weighted by molar-refractivity contribution is -0.156. The molecule has 2 aromatic carbocycles. The summed E-state index contributed by atoms with van der Waals surface area (Å²) in [5.74, 6) is -1.06. The molecule has 0 aromatic heterocycles. The van der Waals surface area contributed by atoms with Gasteiger partial charge in [-0.15, -0.1) is 0 Å². The Morgan fingerprint density at radius 3 is 2.15 bits per heavy atom. The molecule has 7 heteroatoms. The van der Waals surface area contributed by atoms with E-state index >= 15 is 0 Å². The molecule has 1 fully saturated rings. The highest BCUT2D eigenvalue weighted by Crippen LogP contribution is 2.44. The molecule has 1 aliphatic carbocycles. The number of hydrogen-bond donors (Lipinski definition) is 1. The topological polar surface area (TPSA) is 55.4 Å². The van der Waals surface area contributed by atoms with Gasteiger partial charge in [-0.3, -0.25) is 9.59 Å². The van der Waals surface area contributed by atoms with Gasteiger partial charge < -0.3 is 10.1 Å². The summed E-state index contributed by atoms with van der Waals surface area (Å²) in [6.45, 7) is -0.492. The zero-order chi connectivity index (χ0) is 19.5. The van der Waals surface area contributed by atoms with Gasteiger partial charge in [0, 0.05) is 5.69 Å². The molecule has 1 amide bonds. The van der Waals surface area contributed by atoms with Gasteiger partial charge in [-0.1, -0.05) is 36.8 Å². The normalized spacial score (nSPS) is 15.5. The van der Waals surface area contributed by atoms with Crippen LogP contribution in [-0.2, 0) is 25.9 Å². The van der Waals surface area contributed by atoms with Crippen LogP contribution in [0.2, 0.25) is 0 Å². The number of anilines is 1. The maximum atomic E-state index is 12.5. The number of carbonyl (C=O) groups is 2. The molecule has 0 bridgehead atoms. The maximum Gasteiger partial charge on any atom is 0.416 e. The summed E-state index contributed by atoms with van der Waals surface area (Å²) in [7, 11) is 0. The highest BCUT2D eigenvalue weighted by Gasteiger charge is 2.47. The van der Waals surface area contributed by atoms with Gasteiger partial charge in [-0.2, -0.15) is 13.2 Å². The summed E-state index contributed by atoms with van der Waals surface area (Å²) in [6, 6.07) is 13.3. The molecule has 0 aliphatic heterocycles. The predicted octanol–water partition coefficient (Wildman–Crippen LogP) is 4.31. The van der Waals surface area contributed by atoms with E-state index in [1.54, 1.807) is 0 Å². The highest BCUT2D eigenvalue weighted by atomic mass is 19.4.